The van der Waals surface area contributed by atoms with Gasteiger partial charge in [0, 0.05) is 11.8 Å². The second-order valence-electron chi connectivity index (χ2n) is 5.88. The van der Waals surface area contributed by atoms with Gasteiger partial charge in [-0.3, -0.25) is 0 Å². The van der Waals surface area contributed by atoms with Crippen molar-refractivity contribution in [3.8, 4) is 0 Å². The monoisotopic (exact) mass is 234 g/mol. The van der Waals surface area contributed by atoms with Crippen molar-refractivity contribution in [1.29, 1.82) is 0 Å². The van der Waals surface area contributed by atoms with Crippen LogP contribution in [0.25, 0.3) is 0 Å². The second kappa shape index (κ2) is 3.88. The highest BCUT2D eigenvalue weighted by Crippen LogP contribution is 2.53. The molecule has 0 saturated heterocycles. The third-order valence-corrected chi connectivity index (χ3v) is 4.91. The minimum Gasteiger partial charge on any atom is -0.494 e. The summed E-state index contributed by atoms with van der Waals surface area (Å²) in [7, 11) is 0. The van der Waals surface area contributed by atoms with Gasteiger partial charge in [0.15, 0.2) is 0 Å². The predicted molar refractivity (Wildman–Crippen MR) is 67.5 cm³/mol. The number of hydrogen-bond donors (Lipinski definition) is 1. The molecule has 3 atom stereocenters. The van der Waals surface area contributed by atoms with E-state index in [9.17, 15) is 5.11 Å². The van der Waals surface area contributed by atoms with Crippen LogP contribution in [-0.4, -0.2) is 17.3 Å². The standard InChI is InChI=1S/C15H22O2/c1-3-10-4-5-11-12-6-7-14(16)15(12,2)9-8-13(11)17-10/h6,10,14,16H,3-5,7-9H2,1-2H3. The van der Waals surface area contributed by atoms with Gasteiger partial charge >= 0.3 is 0 Å². The Morgan fingerprint density at radius 3 is 3.06 bits per heavy atom. The lowest BCUT2D eigenvalue weighted by Crippen LogP contribution is -2.35. The first-order valence-corrected chi connectivity index (χ1v) is 6.93. The first-order chi connectivity index (χ1) is 8.15. The Kier molecular flexibility index (Phi) is 2.58. The molecule has 0 fully saturated rings. The molecule has 0 saturated carbocycles. The van der Waals surface area contributed by atoms with Gasteiger partial charge in [-0.2, -0.15) is 0 Å². The van der Waals surface area contributed by atoms with Crippen LogP contribution >= 0.6 is 0 Å². The zero-order chi connectivity index (χ0) is 12.0. The highest BCUT2D eigenvalue weighted by molar-refractivity contribution is 5.45. The third kappa shape index (κ3) is 1.57. The minimum atomic E-state index is -0.185. The summed E-state index contributed by atoms with van der Waals surface area (Å²) in [5, 5.41) is 10.2. The Morgan fingerprint density at radius 1 is 1.47 bits per heavy atom. The number of ether oxygens (including phenoxy) is 1. The Labute approximate surface area is 103 Å². The molecule has 0 spiro atoms. The Balaban J connectivity index is 1.94. The third-order valence-electron chi connectivity index (χ3n) is 4.91. The van der Waals surface area contributed by atoms with E-state index in [4.69, 9.17) is 4.74 Å². The van der Waals surface area contributed by atoms with Crippen molar-refractivity contribution >= 4 is 0 Å². The molecule has 0 amide bonds. The summed E-state index contributed by atoms with van der Waals surface area (Å²) < 4.78 is 6.09. The van der Waals surface area contributed by atoms with Crippen LogP contribution in [0, 0.1) is 5.41 Å². The minimum absolute atomic E-state index is 0.00123. The topological polar surface area (TPSA) is 29.5 Å². The number of allylic oxidation sites excluding steroid dienone is 2. The molecule has 2 aliphatic carbocycles. The highest BCUT2D eigenvalue weighted by Gasteiger charge is 2.46. The fraction of sp³-hybridized carbons (Fsp3) is 0.733. The molecule has 3 unspecified atom stereocenters. The predicted octanol–water partition coefficient (Wildman–Crippen LogP) is 3.32. The maximum absolute atomic E-state index is 10.2. The van der Waals surface area contributed by atoms with E-state index in [0.717, 1.165) is 38.5 Å². The molecule has 0 bridgehead atoms. The molecular formula is C15H22O2. The molecular weight excluding hydrogens is 212 g/mol. The average molecular weight is 234 g/mol. The van der Waals surface area contributed by atoms with E-state index in [-0.39, 0.29) is 11.5 Å². The van der Waals surface area contributed by atoms with Gasteiger partial charge in [0.25, 0.3) is 0 Å². The summed E-state index contributed by atoms with van der Waals surface area (Å²) in [4.78, 5) is 0. The van der Waals surface area contributed by atoms with Crippen LogP contribution in [-0.2, 0) is 4.74 Å². The van der Waals surface area contributed by atoms with Crippen molar-refractivity contribution in [2.24, 2.45) is 5.41 Å². The van der Waals surface area contributed by atoms with Gasteiger partial charge in [-0.05, 0) is 43.3 Å². The van der Waals surface area contributed by atoms with Crippen molar-refractivity contribution in [2.45, 2.75) is 64.6 Å². The summed E-state index contributed by atoms with van der Waals surface area (Å²) in [5.41, 5.74) is 2.81. The zero-order valence-electron chi connectivity index (χ0n) is 10.8. The van der Waals surface area contributed by atoms with E-state index in [1.165, 1.54) is 16.9 Å². The highest BCUT2D eigenvalue weighted by atomic mass is 16.5. The molecule has 94 valence electrons. The van der Waals surface area contributed by atoms with Crippen LogP contribution in [0.5, 0.6) is 0 Å². The van der Waals surface area contributed by atoms with Crippen LogP contribution in [0.15, 0.2) is 23.0 Å². The molecule has 1 N–H and O–H groups in total. The average Bonchev–Trinajstić information content (AvgIpc) is 2.65. The lowest BCUT2D eigenvalue weighted by Gasteiger charge is -2.41. The van der Waals surface area contributed by atoms with Crippen molar-refractivity contribution in [3.63, 3.8) is 0 Å². The van der Waals surface area contributed by atoms with E-state index in [0.29, 0.717) is 6.10 Å². The Bertz CT molecular complexity index is 394. The molecule has 0 radical (unpaired) electrons. The van der Waals surface area contributed by atoms with Crippen LogP contribution in [0.2, 0.25) is 0 Å². The van der Waals surface area contributed by atoms with Crippen molar-refractivity contribution in [1.82, 2.24) is 0 Å². The first-order valence-electron chi connectivity index (χ1n) is 6.93. The van der Waals surface area contributed by atoms with Crippen LogP contribution < -0.4 is 0 Å². The number of aliphatic hydroxyl groups is 1. The maximum Gasteiger partial charge on any atom is 0.0999 e. The maximum atomic E-state index is 10.2. The molecule has 2 nitrogen and oxygen atoms in total. The SMILES string of the molecule is CCC1CCC2=C(CCC3(C)C2=CCC3O)O1. The number of hydrogen-bond acceptors (Lipinski definition) is 2. The van der Waals surface area contributed by atoms with Crippen LogP contribution in [0.4, 0.5) is 0 Å². The van der Waals surface area contributed by atoms with Gasteiger partial charge in [0.05, 0.1) is 18.0 Å². The first kappa shape index (κ1) is 11.3. The van der Waals surface area contributed by atoms with Gasteiger partial charge in [-0.1, -0.05) is 19.9 Å². The Hall–Kier alpha value is -0.760. The summed E-state index contributed by atoms with van der Waals surface area (Å²) in [6.07, 6.45) is 8.73. The fourth-order valence-corrected chi connectivity index (χ4v) is 3.60. The quantitative estimate of drug-likeness (QED) is 0.754. The number of fused-ring (bicyclic) bond motifs is 2. The molecule has 3 aliphatic rings. The molecule has 0 aromatic carbocycles. The number of rotatable bonds is 1. The largest absolute Gasteiger partial charge is 0.494 e. The van der Waals surface area contributed by atoms with E-state index in [1.807, 2.05) is 0 Å². The van der Waals surface area contributed by atoms with E-state index in [1.54, 1.807) is 0 Å². The van der Waals surface area contributed by atoms with Gasteiger partial charge < -0.3 is 9.84 Å². The van der Waals surface area contributed by atoms with Gasteiger partial charge in [-0.15, -0.1) is 0 Å². The van der Waals surface area contributed by atoms with E-state index < -0.39 is 0 Å². The summed E-state index contributed by atoms with van der Waals surface area (Å²) in [6.45, 7) is 4.41. The van der Waals surface area contributed by atoms with Crippen molar-refractivity contribution < 1.29 is 9.84 Å². The fourth-order valence-electron chi connectivity index (χ4n) is 3.60. The molecule has 3 rings (SSSR count). The van der Waals surface area contributed by atoms with Gasteiger partial charge in [0.1, 0.15) is 0 Å². The lowest BCUT2D eigenvalue weighted by molar-refractivity contribution is 0.0408. The molecule has 0 aromatic rings. The summed E-state index contributed by atoms with van der Waals surface area (Å²) in [6, 6.07) is 0. The van der Waals surface area contributed by atoms with Crippen LogP contribution in [0.3, 0.4) is 0 Å². The summed E-state index contributed by atoms with van der Waals surface area (Å²) in [5.74, 6) is 1.22. The van der Waals surface area contributed by atoms with E-state index >= 15 is 0 Å². The van der Waals surface area contributed by atoms with E-state index in [2.05, 4.69) is 19.9 Å². The second-order valence-corrected chi connectivity index (χ2v) is 5.88. The summed E-state index contributed by atoms with van der Waals surface area (Å²) >= 11 is 0. The molecule has 1 heterocycles. The Morgan fingerprint density at radius 2 is 2.29 bits per heavy atom. The molecule has 1 aliphatic heterocycles. The smallest absolute Gasteiger partial charge is 0.0999 e. The molecule has 2 heteroatoms. The van der Waals surface area contributed by atoms with Crippen molar-refractivity contribution in [2.75, 3.05) is 0 Å². The lowest BCUT2D eigenvalue weighted by atomic mass is 9.69. The molecule has 17 heavy (non-hydrogen) atoms. The van der Waals surface area contributed by atoms with Gasteiger partial charge in [-0.25, -0.2) is 0 Å². The van der Waals surface area contributed by atoms with Crippen LogP contribution in [0.1, 0.15) is 52.4 Å². The van der Waals surface area contributed by atoms with Gasteiger partial charge in [0.2, 0.25) is 0 Å². The zero-order valence-corrected chi connectivity index (χ0v) is 10.8. The number of aliphatic hydroxyl groups excluding tert-OH is 1. The normalized spacial score (nSPS) is 40.5. The van der Waals surface area contributed by atoms with Crippen molar-refractivity contribution in [3.05, 3.63) is 23.0 Å². The molecule has 0 aromatic heterocycles.